The Kier molecular flexibility index (Phi) is 6.68. The highest BCUT2D eigenvalue weighted by molar-refractivity contribution is 6.67. The van der Waals surface area contributed by atoms with Crippen molar-refractivity contribution < 1.29 is 8.22 Å². The summed E-state index contributed by atoms with van der Waals surface area (Å²) in [6.45, 7) is 4.22. The summed E-state index contributed by atoms with van der Waals surface area (Å²) in [5.74, 6) is 0.290. The average Bonchev–Trinajstić information content (AvgIpc) is 2.35. The predicted molar refractivity (Wildman–Crippen MR) is 72.9 cm³/mol. The highest BCUT2D eigenvalue weighted by Crippen LogP contribution is 2.43. The van der Waals surface area contributed by atoms with E-state index in [0.29, 0.717) is 5.92 Å². The fraction of sp³-hybridized carbons (Fsp3) is 1.00. The largest absolute Gasteiger partial charge is 0.428 e. The molecule has 1 saturated carbocycles. The summed E-state index contributed by atoms with van der Waals surface area (Å²) in [6, 6.07) is 0.272. The van der Waals surface area contributed by atoms with E-state index in [-0.39, 0.29) is 11.6 Å². The molecule has 0 aliphatic heterocycles. The Morgan fingerprint density at radius 3 is 2.29 bits per heavy atom. The molecule has 0 heterocycles. The molecule has 1 aliphatic rings. The zero-order chi connectivity index (χ0) is 12.7. The first-order valence-electron chi connectivity index (χ1n) is 7.48. The van der Waals surface area contributed by atoms with Crippen LogP contribution < -0.4 is 0 Å². The standard InChI is InChI=1S/C14H28F2Si/c1-3-5-9-13(4-2)12-17(15,16)14-10-7-6-8-11-14/h13-14H,3-12H2,1-2H3. The lowest BCUT2D eigenvalue weighted by atomic mass is 10.00. The third-order valence-electron chi connectivity index (χ3n) is 4.31. The molecule has 0 bridgehead atoms. The van der Waals surface area contributed by atoms with Crippen molar-refractivity contribution in [3.05, 3.63) is 0 Å². The predicted octanol–water partition coefficient (Wildman–Crippen LogP) is 5.92. The van der Waals surface area contributed by atoms with Crippen LogP contribution in [0.2, 0.25) is 11.6 Å². The van der Waals surface area contributed by atoms with E-state index < -0.39 is 8.74 Å². The molecule has 1 aliphatic carbocycles. The highest BCUT2D eigenvalue weighted by atomic mass is 28.4. The van der Waals surface area contributed by atoms with Crippen molar-refractivity contribution >= 4 is 8.74 Å². The van der Waals surface area contributed by atoms with E-state index in [1.165, 1.54) is 6.42 Å². The second-order valence-electron chi connectivity index (χ2n) is 5.72. The van der Waals surface area contributed by atoms with Gasteiger partial charge < -0.3 is 0 Å². The molecular weight excluding hydrogens is 234 g/mol. The molecule has 0 N–H and O–H groups in total. The lowest BCUT2D eigenvalue weighted by Gasteiger charge is -2.30. The van der Waals surface area contributed by atoms with Crippen molar-refractivity contribution in [2.24, 2.45) is 5.92 Å². The lowest BCUT2D eigenvalue weighted by molar-refractivity contribution is 0.398. The van der Waals surface area contributed by atoms with Gasteiger partial charge in [-0.25, -0.2) is 0 Å². The summed E-state index contributed by atoms with van der Waals surface area (Å²) in [4.78, 5) is 0. The molecule has 1 rings (SSSR count). The minimum absolute atomic E-state index is 0.188. The maximum absolute atomic E-state index is 14.3. The Balaban J connectivity index is 2.44. The van der Waals surface area contributed by atoms with Gasteiger partial charge in [-0.15, -0.1) is 0 Å². The number of hydrogen-bond acceptors (Lipinski definition) is 0. The van der Waals surface area contributed by atoms with Crippen LogP contribution in [-0.2, 0) is 0 Å². The fourth-order valence-electron chi connectivity index (χ4n) is 3.02. The zero-order valence-corrected chi connectivity index (χ0v) is 12.5. The topological polar surface area (TPSA) is 0 Å². The summed E-state index contributed by atoms with van der Waals surface area (Å²) in [7, 11) is -3.94. The maximum Gasteiger partial charge on any atom is 0.428 e. The van der Waals surface area contributed by atoms with Crippen LogP contribution in [0.1, 0.15) is 71.6 Å². The third kappa shape index (κ3) is 5.07. The quantitative estimate of drug-likeness (QED) is 0.395. The zero-order valence-electron chi connectivity index (χ0n) is 11.5. The Morgan fingerprint density at radius 2 is 1.76 bits per heavy atom. The summed E-state index contributed by atoms with van der Waals surface area (Å²) in [5, 5.41) is 0. The third-order valence-corrected chi connectivity index (χ3v) is 7.20. The first kappa shape index (κ1) is 15.1. The molecule has 0 aromatic rings. The number of halogens is 2. The van der Waals surface area contributed by atoms with Crippen molar-refractivity contribution in [2.75, 3.05) is 0 Å². The normalized spacial score (nSPS) is 20.5. The van der Waals surface area contributed by atoms with Gasteiger partial charge in [0.15, 0.2) is 0 Å². The molecule has 0 amide bonds. The molecule has 0 aromatic heterocycles. The van der Waals surface area contributed by atoms with Crippen LogP contribution in [-0.4, -0.2) is 8.74 Å². The molecule has 1 unspecified atom stereocenters. The van der Waals surface area contributed by atoms with Gasteiger partial charge in [-0.05, 0) is 18.8 Å². The van der Waals surface area contributed by atoms with Gasteiger partial charge in [-0.1, -0.05) is 58.8 Å². The highest BCUT2D eigenvalue weighted by Gasteiger charge is 2.45. The van der Waals surface area contributed by atoms with Gasteiger partial charge in [-0.3, -0.25) is 8.22 Å². The van der Waals surface area contributed by atoms with E-state index in [0.717, 1.165) is 51.4 Å². The molecule has 17 heavy (non-hydrogen) atoms. The van der Waals surface area contributed by atoms with Gasteiger partial charge >= 0.3 is 8.74 Å². The first-order chi connectivity index (χ1) is 8.10. The SMILES string of the molecule is CCCCC(CC)C[Si](F)(F)C1CCCCC1. The summed E-state index contributed by atoms with van der Waals surface area (Å²) in [6.07, 6.45) is 9.08. The molecule has 1 atom stereocenters. The molecule has 3 heteroatoms. The summed E-state index contributed by atoms with van der Waals surface area (Å²) >= 11 is 0. The minimum Gasteiger partial charge on any atom is -0.270 e. The van der Waals surface area contributed by atoms with Crippen LogP contribution in [0.3, 0.4) is 0 Å². The Labute approximate surface area is 107 Å². The van der Waals surface area contributed by atoms with Crippen LogP contribution in [0.25, 0.3) is 0 Å². The molecular formula is C14H28F2Si. The van der Waals surface area contributed by atoms with E-state index in [1.54, 1.807) is 0 Å². The van der Waals surface area contributed by atoms with Gasteiger partial charge in [0.25, 0.3) is 0 Å². The minimum atomic E-state index is -3.94. The Morgan fingerprint density at radius 1 is 1.12 bits per heavy atom. The van der Waals surface area contributed by atoms with Gasteiger partial charge in [-0.2, -0.15) is 0 Å². The molecule has 0 radical (unpaired) electrons. The number of hydrogen-bond donors (Lipinski definition) is 0. The van der Waals surface area contributed by atoms with E-state index in [4.69, 9.17) is 0 Å². The number of unbranched alkanes of at least 4 members (excludes halogenated alkanes) is 1. The van der Waals surface area contributed by atoms with Crippen LogP contribution >= 0.6 is 0 Å². The van der Waals surface area contributed by atoms with Crippen molar-refractivity contribution in [1.82, 2.24) is 0 Å². The van der Waals surface area contributed by atoms with Crippen molar-refractivity contribution in [3.8, 4) is 0 Å². The Bertz CT molecular complexity index is 200. The molecule has 0 saturated heterocycles. The van der Waals surface area contributed by atoms with Crippen LogP contribution in [0.15, 0.2) is 0 Å². The molecule has 1 fully saturated rings. The van der Waals surface area contributed by atoms with Crippen LogP contribution in [0.5, 0.6) is 0 Å². The van der Waals surface area contributed by atoms with E-state index in [9.17, 15) is 8.22 Å². The van der Waals surface area contributed by atoms with E-state index in [1.807, 2.05) is 0 Å². The van der Waals surface area contributed by atoms with Crippen LogP contribution in [0, 0.1) is 5.92 Å². The van der Waals surface area contributed by atoms with Gasteiger partial charge in [0.05, 0.1) is 0 Å². The molecule has 102 valence electrons. The van der Waals surface area contributed by atoms with Crippen molar-refractivity contribution in [3.63, 3.8) is 0 Å². The smallest absolute Gasteiger partial charge is 0.270 e. The van der Waals surface area contributed by atoms with E-state index >= 15 is 0 Å². The maximum atomic E-state index is 14.3. The summed E-state index contributed by atoms with van der Waals surface area (Å²) < 4.78 is 28.6. The van der Waals surface area contributed by atoms with Gasteiger partial charge in [0.2, 0.25) is 0 Å². The Hall–Kier alpha value is 0.0769. The number of rotatable bonds is 7. The second kappa shape index (κ2) is 7.50. The molecule has 0 nitrogen and oxygen atoms in total. The van der Waals surface area contributed by atoms with Crippen molar-refractivity contribution in [1.29, 1.82) is 0 Å². The van der Waals surface area contributed by atoms with Crippen LogP contribution in [0.4, 0.5) is 8.22 Å². The monoisotopic (exact) mass is 262 g/mol. The van der Waals surface area contributed by atoms with E-state index in [2.05, 4.69) is 13.8 Å². The van der Waals surface area contributed by atoms with Crippen molar-refractivity contribution in [2.45, 2.75) is 83.2 Å². The second-order valence-corrected chi connectivity index (χ2v) is 8.46. The molecule has 0 aromatic carbocycles. The van der Waals surface area contributed by atoms with Gasteiger partial charge in [0, 0.05) is 11.6 Å². The lowest BCUT2D eigenvalue weighted by Crippen LogP contribution is -2.33. The molecule has 0 spiro atoms. The first-order valence-corrected chi connectivity index (χ1v) is 9.52. The van der Waals surface area contributed by atoms with Gasteiger partial charge in [0.1, 0.15) is 0 Å². The fourth-order valence-corrected chi connectivity index (χ4v) is 5.87. The summed E-state index contributed by atoms with van der Waals surface area (Å²) in [5.41, 5.74) is -0.188. The average molecular weight is 262 g/mol.